The van der Waals surface area contributed by atoms with Crippen molar-refractivity contribution in [1.29, 1.82) is 0 Å². The zero-order valence-corrected chi connectivity index (χ0v) is 11.5. The zero-order chi connectivity index (χ0) is 14.5. The van der Waals surface area contributed by atoms with E-state index in [0.717, 1.165) is 0 Å². The number of carbonyl (C=O) groups excluding carboxylic acids is 1. The first-order valence-electron chi connectivity index (χ1n) is 6.14. The third kappa shape index (κ3) is 3.48. The fourth-order valence-electron chi connectivity index (χ4n) is 1.85. The molecule has 3 N–H and O–H groups in total. The van der Waals surface area contributed by atoms with E-state index in [-0.39, 0.29) is 11.7 Å². The maximum Gasteiger partial charge on any atom is 0.253 e. The van der Waals surface area contributed by atoms with E-state index < -0.39 is 0 Å². The molecule has 0 saturated heterocycles. The molecule has 104 valence electrons. The summed E-state index contributed by atoms with van der Waals surface area (Å²) >= 11 is 5.77. The van der Waals surface area contributed by atoms with Crippen LogP contribution in [0.2, 0.25) is 5.02 Å². The maximum atomic E-state index is 13.4. The van der Waals surface area contributed by atoms with E-state index in [1.807, 2.05) is 0 Å². The second-order valence-electron chi connectivity index (χ2n) is 4.33. The van der Waals surface area contributed by atoms with Crippen molar-refractivity contribution in [2.24, 2.45) is 0 Å². The molecule has 0 spiro atoms. The lowest BCUT2D eigenvalue weighted by molar-refractivity contribution is 0.0955. The third-order valence-corrected chi connectivity index (χ3v) is 3.13. The minimum absolute atomic E-state index is 0.271. The first-order chi connectivity index (χ1) is 9.58. The number of nitrogen functional groups attached to an aromatic ring is 1. The quantitative estimate of drug-likeness (QED) is 0.851. The van der Waals surface area contributed by atoms with Crippen LogP contribution < -0.4 is 11.1 Å². The van der Waals surface area contributed by atoms with Gasteiger partial charge in [0.2, 0.25) is 0 Å². The molecule has 2 aromatic carbocycles. The van der Waals surface area contributed by atoms with Crippen molar-refractivity contribution in [3.8, 4) is 0 Å². The molecule has 5 heteroatoms. The van der Waals surface area contributed by atoms with E-state index in [4.69, 9.17) is 17.3 Å². The molecule has 2 rings (SSSR count). The molecular formula is C15H14ClFN2O. The number of rotatable bonds is 4. The van der Waals surface area contributed by atoms with Crippen LogP contribution in [-0.4, -0.2) is 12.5 Å². The molecule has 0 aliphatic heterocycles. The van der Waals surface area contributed by atoms with Crippen molar-refractivity contribution in [3.05, 3.63) is 64.4 Å². The number of carbonyl (C=O) groups is 1. The fraction of sp³-hybridized carbons (Fsp3) is 0.133. The van der Waals surface area contributed by atoms with Gasteiger partial charge in [-0.1, -0.05) is 29.8 Å². The van der Waals surface area contributed by atoms with Gasteiger partial charge in [0.1, 0.15) is 5.82 Å². The Morgan fingerprint density at radius 1 is 1.25 bits per heavy atom. The van der Waals surface area contributed by atoms with Gasteiger partial charge < -0.3 is 11.1 Å². The molecule has 0 bridgehead atoms. The molecule has 0 aliphatic carbocycles. The monoisotopic (exact) mass is 292 g/mol. The Morgan fingerprint density at radius 3 is 2.70 bits per heavy atom. The summed E-state index contributed by atoms with van der Waals surface area (Å²) in [6.45, 7) is 0.335. The van der Waals surface area contributed by atoms with Crippen molar-refractivity contribution < 1.29 is 9.18 Å². The van der Waals surface area contributed by atoms with Gasteiger partial charge in [0.25, 0.3) is 5.91 Å². The molecule has 0 aromatic heterocycles. The Labute approximate surface area is 121 Å². The van der Waals surface area contributed by atoms with Gasteiger partial charge in [-0.25, -0.2) is 4.39 Å². The van der Waals surface area contributed by atoms with E-state index in [9.17, 15) is 9.18 Å². The van der Waals surface area contributed by atoms with Crippen LogP contribution in [0, 0.1) is 5.82 Å². The van der Waals surface area contributed by atoms with Crippen molar-refractivity contribution in [2.75, 3.05) is 12.3 Å². The molecule has 0 unspecified atom stereocenters. The van der Waals surface area contributed by atoms with Crippen molar-refractivity contribution in [3.63, 3.8) is 0 Å². The highest BCUT2D eigenvalue weighted by atomic mass is 35.5. The van der Waals surface area contributed by atoms with Crippen molar-refractivity contribution in [1.82, 2.24) is 5.32 Å². The number of nitrogens with two attached hydrogens (primary N) is 1. The average molecular weight is 293 g/mol. The van der Waals surface area contributed by atoms with E-state index in [2.05, 4.69) is 5.32 Å². The summed E-state index contributed by atoms with van der Waals surface area (Å²) in [5.41, 5.74) is 6.97. The van der Waals surface area contributed by atoms with Gasteiger partial charge in [-0.05, 0) is 36.2 Å². The molecule has 0 radical (unpaired) electrons. The number of hydrogen-bond acceptors (Lipinski definition) is 2. The molecule has 3 nitrogen and oxygen atoms in total. The summed E-state index contributed by atoms with van der Waals surface area (Å²) in [4.78, 5) is 11.9. The van der Waals surface area contributed by atoms with E-state index in [0.29, 0.717) is 34.8 Å². The molecule has 0 aliphatic rings. The number of nitrogens with one attached hydrogen (secondary N) is 1. The second-order valence-corrected chi connectivity index (χ2v) is 4.77. The normalized spacial score (nSPS) is 10.3. The third-order valence-electron chi connectivity index (χ3n) is 2.90. The molecule has 0 saturated carbocycles. The van der Waals surface area contributed by atoms with Gasteiger partial charge in [-0.3, -0.25) is 4.79 Å². The maximum absolute atomic E-state index is 13.4. The summed E-state index contributed by atoms with van der Waals surface area (Å²) in [5, 5.41) is 3.18. The number of halogens is 2. The van der Waals surface area contributed by atoms with E-state index in [1.54, 1.807) is 30.3 Å². The predicted molar refractivity (Wildman–Crippen MR) is 78.3 cm³/mol. The molecule has 0 fully saturated rings. The van der Waals surface area contributed by atoms with Crippen molar-refractivity contribution in [2.45, 2.75) is 6.42 Å². The van der Waals surface area contributed by atoms with Crippen LogP contribution in [0.5, 0.6) is 0 Å². The summed E-state index contributed by atoms with van der Waals surface area (Å²) in [5.74, 6) is -0.566. The summed E-state index contributed by atoms with van der Waals surface area (Å²) in [6, 6.07) is 11.2. The van der Waals surface area contributed by atoms with Crippen LogP contribution in [-0.2, 0) is 6.42 Å². The molecule has 2 aromatic rings. The lowest BCUT2D eigenvalue weighted by Gasteiger charge is -2.08. The minimum Gasteiger partial charge on any atom is -0.398 e. The molecular weight excluding hydrogens is 279 g/mol. The summed E-state index contributed by atoms with van der Waals surface area (Å²) < 4.78 is 13.4. The van der Waals surface area contributed by atoms with Crippen LogP contribution >= 0.6 is 11.6 Å². The van der Waals surface area contributed by atoms with Gasteiger partial charge in [0.05, 0.1) is 5.56 Å². The Morgan fingerprint density at radius 2 is 2.00 bits per heavy atom. The number of hydrogen-bond donors (Lipinski definition) is 2. The Bertz CT molecular complexity index is 631. The van der Waals surface area contributed by atoms with E-state index in [1.165, 1.54) is 12.1 Å². The van der Waals surface area contributed by atoms with E-state index >= 15 is 0 Å². The molecule has 1 amide bonds. The Balaban J connectivity index is 1.94. The molecule has 0 heterocycles. The Kier molecular flexibility index (Phi) is 4.58. The summed E-state index contributed by atoms with van der Waals surface area (Å²) in [6.07, 6.45) is 0.423. The number of anilines is 1. The van der Waals surface area contributed by atoms with Gasteiger partial charge in [-0.2, -0.15) is 0 Å². The highest BCUT2D eigenvalue weighted by Gasteiger charge is 2.09. The van der Waals surface area contributed by atoms with Crippen LogP contribution in [0.15, 0.2) is 42.5 Å². The highest BCUT2D eigenvalue weighted by Crippen LogP contribution is 2.17. The zero-order valence-electron chi connectivity index (χ0n) is 10.7. The Hall–Kier alpha value is -2.07. The highest BCUT2D eigenvalue weighted by molar-refractivity contribution is 6.31. The van der Waals surface area contributed by atoms with Crippen LogP contribution in [0.3, 0.4) is 0 Å². The largest absolute Gasteiger partial charge is 0.398 e. The average Bonchev–Trinajstić information content (AvgIpc) is 2.40. The molecule has 0 atom stereocenters. The second kappa shape index (κ2) is 6.39. The van der Waals surface area contributed by atoms with Gasteiger partial charge in [0.15, 0.2) is 0 Å². The fourth-order valence-corrected chi connectivity index (χ4v) is 2.03. The first-order valence-corrected chi connectivity index (χ1v) is 6.52. The van der Waals surface area contributed by atoms with Crippen LogP contribution in [0.25, 0.3) is 0 Å². The molecule has 20 heavy (non-hydrogen) atoms. The van der Waals surface area contributed by atoms with Gasteiger partial charge in [0, 0.05) is 17.3 Å². The number of amides is 1. The smallest absolute Gasteiger partial charge is 0.253 e. The lowest BCUT2D eigenvalue weighted by Crippen LogP contribution is -2.26. The lowest BCUT2D eigenvalue weighted by atomic mass is 10.1. The topological polar surface area (TPSA) is 55.1 Å². The first kappa shape index (κ1) is 14.3. The standard InChI is InChI=1S/C15H14ClFN2O/c16-11-5-6-12(14(18)9-11)15(20)19-8-7-10-3-1-2-4-13(10)17/h1-6,9H,7-8,18H2,(H,19,20). The predicted octanol–water partition coefficient (Wildman–Crippen LogP) is 3.03. The summed E-state index contributed by atoms with van der Waals surface area (Å²) in [7, 11) is 0. The number of benzene rings is 2. The van der Waals surface area contributed by atoms with Crippen LogP contribution in [0.1, 0.15) is 15.9 Å². The van der Waals surface area contributed by atoms with Gasteiger partial charge in [-0.15, -0.1) is 0 Å². The van der Waals surface area contributed by atoms with Gasteiger partial charge >= 0.3 is 0 Å². The minimum atomic E-state index is -0.296. The SMILES string of the molecule is Nc1cc(Cl)ccc1C(=O)NCCc1ccccc1F. The van der Waals surface area contributed by atoms with Crippen molar-refractivity contribution >= 4 is 23.2 Å². The van der Waals surface area contributed by atoms with Crippen LogP contribution in [0.4, 0.5) is 10.1 Å².